The molecule has 0 unspecified atom stereocenters. The highest BCUT2D eigenvalue weighted by atomic mass is 14.3. The lowest BCUT2D eigenvalue weighted by Gasteiger charge is -2.23. The van der Waals surface area contributed by atoms with Crippen LogP contribution >= 0.6 is 0 Å². The van der Waals surface area contributed by atoms with Gasteiger partial charge in [0, 0.05) is 0 Å². The maximum Gasteiger partial charge on any atom is -0.0132 e. The van der Waals surface area contributed by atoms with Gasteiger partial charge in [-0.3, -0.25) is 0 Å². The smallest absolute Gasteiger partial charge is 0.0132 e. The molecule has 0 N–H and O–H groups in total. The fourth-order valence-electron chi connectivity index (χ4n) is 11.2. The summed E-state index contributed by atoms with van der Waals surface area (Å²) in [4.78, 5) is 0. The third-order valence-electron chi connectivity index (χ3n) is 18.3. The van der Waals surface area contributed by atoms with Gasteiger partial charge in [0.05, 0.1) is 0 Å². The highest BCUT2D eigenvalue weighted by Crippen LogP contribution is 2.36. The third kappa shape index (κ3) is 21.5. The van der Waals surface area contributed by atoms with Crippen LogP contribution in [0.4, 0.5) is 0 Å². The molecule has 0 amide bonds. The van der Waals surface area contributed by atoms with Crippen molar-refractivity contribution in [2.24, 2.45) is 0 Å². The van der Waals surface area contributed by atoms with Gasteiger partial charge in [-0.1, -0.05) is 402 Å². The molecule has 0 fully saturated rings. The van der Waals surface area contributed by atoms with Crippen molar-refractivity contribution < 1.29 is 0 Å². The molecule has 0 heterocycles. The SMILES string of the molecule is CC(C)(C)c1ccc(-c2ccc(C(C)(C)C)cc2)cc1.CC(C)(C)c1ccc(C(C)(C)C)cc1.CC(C)(C)c1ccc2cc(C(C)(C)C)ccc2c1.CC(C)(C)c1ccc2cc3cc(C(C)(C)C)ccc3cc2c1.CC(C)(C)c1cccc(-c2cccc(C(C)(C)C)c2)c1. The van der Waals surface area contributed by atoms with E-state index in [9.17, 15) is 0 Å². The molecule has 0 saturated heterocycles. The second-order valence-electron chi connectivity index (χ2n) is 37.1. The van der Waals surface area contributed by atoms with Crippen LogP contribution in [0.25, 0.3) is 54.6 Å². The topological polar surface area (TPSA) is 0 Å². The number of hydrogen-bond acceptors (Lipinski definition) is 0. The van der Waals surface area contributed by atoms with E-state index in [0.717, 1.165) is 0 Å². The van der Waals surface area contributed by atoms with Gasteiger partial charge < -0.3 is 0 Å². The summed E-state index contributed by atoms with van der Waals surface area (Å²) in [7, 11) is 0. The predicted molar refractivity (Wildman–Crippen MR) is 423 cm³/mol. The normalized spacial score (nSPS) is 12.8. The van der Waals surface area contributed by atoms with E-state index in [-0.39, 0.29) is 54.1 Å². The number of rotatable bonds is 2. The largest absolute Gasteiger partial charge is 0.0614 e. The second kappa shape index (κ2) is 28.7. The van der Waals surface area contributed by atoms with Crippen LogP contribution in [0.3, 0.4) is 0 Å². The molecule has 0 aromatic heterocycles. The zero-order valence-electron chi connectivity index (χ0n) is 64.6. The Labute approximate surface area is 574 Å². The van der Waals surface area contributed by atoms with Gasteiger partial charge in [0.2, 0.25) is 0 Å². The standard InChI is InChI=1S/C22H26.2C20H26.C18H24.C14H22/c1-21(2,3)19-9-7-15-12-18-14-20(22(4,5)6)10-8-16(18)11-17(15)13-19;1-19(2,3)17-11-7-15(8-12-17)16-9-13-18(14-10-16)20(4,5)6;1-19(2,3)17-11-7-9-15(13-17)16-10-8-12-18(14-16)20(4,5)6;1-17(2,3)15-9-7-14-12-16(18(4,5)6)10-8-13(14)11-15;1-13(2,3)11-7-9-12(10-8-11)14(4,5)6/h7-14H,1-6H3;2*7-14H,1-6H3;7-12H,1-6H3;7-10H,1-6H3. The third-order valence-corrected chi connectivity index (χ3v) is 18.3. The molecule has 10 rings (SSSR count). The predicted octanol–water partition coefficient (Wildman–Crippen LogP) is 28.2. The molecule has 0 heteroatoms. The van der Waals surface area contributed by atoms with Crippen molar-refractivity contribution in [3.63, 3.8) is 0 Å². The van der Waals surface area contributed by atoms with Gasteiger partial charge in [-0.2, -0.15) is 0 Å². The van der Waals surface area contributed by atoms with Gasteiger partial charge in [0.1, 0.15) is 0 Å². The average molecular weight is 1250 g/mol. The molecule has 94 heavy (non-hydrogen) atoms. The van der Waals surface area contributed by atoms with Crippen molar-refractivity contribution in [2.75, 3.05) is 0 Å². The van der Waals surface area contributed by atoms with E-state index in [1.165, 1.54) is 110 Å². The van der Waals surface area contributed by atoms with Crippen molar-refractivity contribution >= 4 is 32.3 Å². The molecule has 0 saturated carbocycles. The van der Waals surface area contributed by atoms with Crippen molar-refractivity contribution in [3.8, 4) is 22.3 Å². The maximum absolute atomic E-state index is 2.34. The van der Waals surface area contributed by atoms with E-state index in [0.29, 0.717) is 0 Å². The Bertz CT molecular complexity index is 3810. The molecule has 10 aromatic rings. The number of hydrogen-bond donors (Lipinski definition) is 0. The Morgan fingerprint density at radius 1 is 0.128 bits per heavy atom. The summed E-state index contributed by atoms with van der Waals surface area (Å²) in [6.45, 7) is 67.7. The molecule has 0 aliphatic heterocycles. The Hall–Kier alpha value is -7.02. The summed E-state index contributed by atoms with van der Waals surface area (Å²) in [6.07, 6.45) is 0. The Morgan fingerprint density at radius 2 is 0.298 bits per heavy atom. The molecule has 0 atom stereocenters. The van der Waals surface area contributed by atoms with Crippen LogP contribution in [0.2, 0.25) is 0 Å². The van der Waals surface area contributed by atoms with Gasteiger partial charge in [-0.05, 0) is 176 Å². The summed E-state index contributed by atoms with van der Waals surface area (Å²) < 4.78 is 0. The van der Waals surface area contributed by atoms with Gasteiger partial charge in [0.25, 0.3) is 0 Å². The molecular weight excluding hydrogens is 1130 g/mol. The Kier molecular flexibility index (Phi) is 23.2. The second-order valence-corrected chi connectivity index (χ2v) is 37.1. The van der Waals surface area contributed by atoms with Crippen LogP contribution in [0, 0.1) is 0 Å². The zero-order chi connectivity index (χ0) is 70.6. The first kappa shape index (κ1) is 76.0. The first-order valence-corrected chi connectivity index (χ1v) is 35.0. The fraction of sp³-hybridized carbons (Fsp3) is 0.426. The minimum atomic E-state index is 0.192. The summed E-state index contributed by atoms with van der Waals surface area (Å²) in [6, 6.07) is 76.8. The van der Waals surface area contributed by atoms with E-state index in [1.807, 2.05) is 0 Å². The van der Waals surface area contributed by atoms with E-state index in [4.69, 9.17) is 0 Å². The number of fused-ring (bicyclic) bond motifs is 3. The Balaban J connectivity index is 0.000000188. The monoisotopic (exact) mass is 1250 g/mol. The quantitative estimate of drug-likeness (QED) is 0.151. The van der Waals surface area contributed by atoms with Crippen LogP contribution in [-0.4, -0.2) is 0 Å². The summed E-state index contributed by atoms with van der Waals surface area (Å²) in [5, 5.41) is 8.01. The van der Waals surface area contributed by atoms with Gasteiger partial charge in [0.15, 0.2) is 0 Å². The molecule has 0 aliphatic carbocycles. The van der Waals surface area contributed by atoms with Crippen LogP contribution in [0.1, 0.15) is 263 Å². The zero-order valence-corrected chi connectivity index (χ0v) is 64.6. The Morgan fingerprint density at radius 3 is 0.511 bits per heavy atom. The molecule has 10 aromatic carbocycles. The molecule has 500 valence electrons. The lowest BCUT2D eigenvalue weighted by Crippen LogP contribution is -2.14. The summed E-state index contributed by atoms with van der Waals surface area (Å²) in [5.41, 5.74) is 21.3. The van der Waals surface area contributed by atoms with Gasteiger partial charge >= 0.3 is 0 Å². The van der Waals surface area contributed by atoms with Crippen LogP contribution in [-0.2, 0) is 54.1 Å². The van der Waals surface area contributed by atoms with E-state index >= 15 is 0 Å². The minimum absolute atomic E-state index is 0.192. The number of benzene rings is 10. The summed E-state index contributed by atoms with van der Waals surface area (Å²) >= 11 is 0. The highest BCUT2D eigenvalue weighted by Gasteiger charge is 2.22. The minimum Gasteiger partial charge on any atom is -0.0614 e. The van der Waals surface area contributed by atoms with Gasteiger partial charge in [-0.15, -0.1) is 0 Å². The molecule has 0 spiro atoms. The van der Waals surface area contributed by atoms with Gasteiger partial charge in [-0.25, -0.2) is 0 Å². The average Bonchev–Trinajstić information content (AvgIpc) is 0.792. The molecule has 0 aliphatic rings. The molecule has 0 radical (unpaired) electrons. The lowest BCUT2D eigenvalue weighted by atomic mass is 9.82. The van der Waals surface area contributed by atoms with E-state index in [1.54, 1.807) is 0 Å². The van der Waals surface area contributed by atoms with E-state index < -0.39 is 0 Å². The lowest BCUT2D eigenvalue weighted by molar-refractivity contribution is 0.577. The van der Waals surface area contributed by atoms with Crippen LogP contribution < -0.4 is 0 Å². The van der Waals surface area contributed by atoms with Crippen molar-refractivity contribution in [3.05, 3.63) is 262 Å². The molecule has 0 bridgehead atoms. The van der Waals surface area contributed by atoms with Crippen LogP contribution in [0.5, 0.6) is 0 Å². The molecular formula is C94H124. The summed E-state index contributed by atoms with van der Waals surface area (Å²) in [5.74, 6) is 0. The fourth-order valence-corrected chi connectivity index (χ4v) is 11.2. The van der Waals surface area contributed by atoms with Crippen LogP contribution in [0.15, 0.2) is 206 Å². The maximum atomic E-state index is 2.34. The van der Waals surface area contributed by atoms with Crippen molar-refractivity contribution in [2.45, 2.75) is 262 Å². The van der Waals surface area contributed by atoms with E-state index in [2.05, 4.69) is 414 Å². The molecule has 0 nitrogen and oxygen atoms in total. The first-order chi connectivity index (χ1) is 42.9. The first-order valence-electron chi connectivity index (χ1n) is 35.0. The van der Waals surface area contributed by atoms with Crippen molar-refractivity contribution in [1.82, 2.24) is 0 Å². The van der Waals surface area contributed by atoms with Crippen molar-refractivity contribution in [1.29, 1.82) is 0 Å². The highest BCUT2D eigenvalue weighted by molar-refractivity contribution is 5.99.